The molecule has 1 saturated carbocycles. The first-order valence-electron chi connectivity index (χ1n) is 6.03. The molecule has 1 aromatic rings. The van der Waals surface area contributed by atoms with Crippen molar-refractivity contribution in [3.05, 3.63) is 29.8 Å². The summed E-state index contributed by atoms with van der Waals surface area (Å²) in [4.78, 5) is 0. The van der Waals surface area contributed by atoms with Crippen molar-refractivity contribution in [2.45, 2.75) is 39.0 Å². The zero-order chi connectivity index (χ0) is 10.7. The maximum absolute atomic E-state index is 5.88. The van der Waals surface area contributed by atoms with Crippen molar-refractivity contribution in [1.29, 1.82) is 0 Å². The summed E-state index contributed by atoms with van der Waals surface area (Å²) in [5.41, 5.74) is 1.36. The third-order valence-electron chi connectivity index (χ3n) is 3.23. The van der Waals surface area contributed by atoms with E-state index in [4.69, 9.17) is 4.74 Å². The summed E-state index contributed by atoms with van der Waals surface area (Å²) in [6.45, 7) is 5.40. The fourth-order valence-electron chi connectivity index (χ4n) is 1.73. The Hall–Kier alpha value is -0.980. The Kier molecular flexibility index (Phi) is 3.30. The molecule has 1 fully saturated rings. The van der Waals surface area contributed by atoms with Crippen LogP contribution in [-0.2, 0) is 0 Å². The van der Waals surface area contributed by atoms with Gasteiger partial charge < -0.3 is 4.74 Å². The molecule has 1 nitrogen and oxygen atoms in total. The van der Waals surface area contributed by atoms with Gasteiger partial charge >= 0.3 is 0 Å². The SMILES string of the molecule is CCC(C)c1ccccc1OCC1CC1. The molecule has 1 heteroatoms. The molecular formula is C14H20O. The van der Waals surface area contributed by atoms with Gasteiger partial charge in [-0.2, -0.15) is 0 Å². The van der Waals surface area contributed by atoms with E-state index in [1.54, 1.807) is 0 Å². The van der Waals surface area contributed by atoms with E-state index < -0.39 is 0 Å². The molecule has 0 aliphatic heterocycles. The largest absolute Gasteiger partial charge is 0.493 e. The molecule has 0 heterocycles. The zero-order valence-electron chi connectivity index (χ0n) is 9.70. The molecule has 1 aliphatic rings. The predicted octanol–water partition coefficient (Wildman–Crippen LogP) is 3.99. The Balaban J connectivity index is 2.05. The predicted molar refractivity (Wildman–Crippen MR) is 63.4 cm³/mol. The molecule has 0 radical (unpaired) electrons. The summed E-state index contributed by atoms with van der Waals surface area (Å²) >= 11 is 0. The topological polar surface area (TPSA) is 9.23 Å². The molecule has 0 bridgehead atoms. The average molecular weight is 204 g/mol. The van der Waals surface area contributed by atoms with Crippen molar-refractivity contribution < 1.29 is 4.74 Å². The van der Waals surface area contributed by atoms with Crippen LogP contribution in [0.2, 0.25) is 0 Å². The maximum atomic E-state index is 5.88. The molecule has 15 heavy (non-hydrogen) atoms. The molecule has 1 aliphatic carbocycles. The maximum Gasteiger partial charge on any atom is 0.122 e. The Morgan fingerprint density at radius 3 is 2.73 bits per heavy atom. The Bertz CT molecular complexity index is 315. The van der Waals surface area contributed by atoms with Gasteiger partial charge in [-0.1, -0.05) is 32.0 Å². The van der Waals surface area contributed by atoms with E-state index in [9.17, 15) is 0 Å². The first-order valence-corrected chi connectivity index (χ1v) is 6.03. The van der Waals surface area contributed by atoms with Gasteiger partial charge in [0, 0.05) is 0 Å². The lowest BCUT2D eigenvalue weighted by Gasteiger charge is -2.15. The van der Waals surface area contributed by atoms with Crippen LogP contribution in [0.3, 0.4) is 0 Å². The molecular weight excluding hydrogens is 184 g/mol. The monoisotopic (exact) mass is 204 g/mol. The highest BCUT2D eigenvalue weighted by atomic mass is 16.5. The van der Waals surface area contributed by atoms with E-state index >= 15 is 0 Å². The lowest BCUT2D eigenvalue weighted by molar-refractivity contribution is 0.295. The Morgan fingerprint density at radius 1 is 1.33 bits per heavy atom. The van der Waals surface area contributed by atoms with Crippen molar-refractivity contribution in [2.24, 2.45) is 5.92 Å². The highest BCUT2D eigenvalue weighted by molar-refractivity contribution is 5.35. The lowest BCUT2D eigenvalue weighted by Crippen LogP contribution is -2.03. The number of rotatable bonds is 5. The van der Waals surface area contributed by atoms with Gasteiger partial charge in [-0.15, -0.1) is 0 Å². The van der Waals surface area contributed by atoms with Gasteiger partial charge in [-0.3, -0.25) is 0 Å². The van der Waals surface area contributed by atoms with Gasteiger partial charge in [0.2, 0.25) is 0 Å². The van der Waals surface area contributed by atoms with Crippen molar-refractivity contribution in [3.63, 3.8) is 0 Å². The van der Waals surface area contributed by atoms with Gasteiger partial charge in [0.25, 0.3) is 0 Å². The smallest absolute Gasteiger partial charge is 0.122 e. The second-order valence-electron chi connectivity index (χ2n) is 4.60. The van der Waals surface area contributed by atoms with Gasteiger partial charge in [0.05, 0.1) is 6.61 Å². The van der Waals surface area contributed by atoms with Crippen LogP contribution in [-0.4, -0.2) is 6.61 Å². The first kappa shape index (κ1) is 10.5. The molecule has 0 N–H and O–H groups in total. The fourth-order valence-corrected chi connectivity index (χ4v) is 1.73. The van der Waals surface area contributed by atoms with E-state index in [0.29, 0.717) is 5.92 Å². The fraction of sp³-hybridized carbons (Fsp3) is 0.571. The molecule has 1 aromatic carbocycles. The van der Waals surface area contributed by atoms with Gasteiger partial charge in [0.15, 0.2) is 0 Å². The summed E-state index contributed by atoms with van der Waals surface area (Å²) in [5.74, 6) is 2.52. The van der Waals surface area contributed by atoms with Crippen molar-refractivity contribution >= 4 is 0 Å². The number of benzene rings is 1. The van der Waals surface area contributed by atoms with Crippen molar-refractivity contribution in [1.82, 2.24) is 0 Å². The van der Waals surface area contributed by atoms with Crippen LogP contribution < -0.4 is 4.74 Å². The van der Waals surface area contributed by atoms with Gasteiger partial charge in [0.1, 0.15) is 5.75 Å². The third kappa shape index (κ3) is 2.74. The van der Waals surface area contributed by atoms with E-state index in [2.05, 4.69) is 38.1 Å². The number of para-hydroxylation sites is 1. The van der Waals surface area contributed by atoms with Crippen molar-refractivity contribution in [2.75, 3.05) is 6.61 Å². The quantitative estimate of drug-likeness (QED) is 0.704. The number of hydrogen-bond acceptors (Lipinski definition) is 1. The highest BCUT2D eigenvalue weighted by Gasteiger charge is 2.22. The summed E-state index contributed by atoms with van der Waals surface area (Å²) in [6.07, 6.45) is 3.88. The second kappa shape index (κ2) is 4.69. The molecule has 0 amide bonds. The molecule has 1 atom stereocenters. The summed E-state index contributed by atoms with van der Waals surface area (Å²) < 4.78 is 5.88. The molecule has 0 spiro atoms. The third-order valence-corrected chi connectivity index (χ3v) is 3.23. The number of ether oxygens (including phenoxy) is 1. The molecule has 2 rings (SSSR count). The minimum Gasteiger partial charge on any atom is -0.493 e. The van der Waals surface area contributed by atoms with Crippen LogP contribution in [0.5, 0.6) is 5.75 Å². The van der Waals surface area contributed by atoms with E-state index in [1.165, 1.54) is 24.8 Å². The Labute approximate surface area is 92.5 Å². The van der Waals surface area contributed by atoms with Gasteiger partial charge in [-0.25, -0.2) is 0 Å². The minimum absolute atomic E-state index is 0.598. The van der Waals surface area contributed by atoms with Crippen LogP contribution in [0.4, 0.5) is 0 Å². The van der Waals surface area contributed by atoms with Crippen LogP contribution in [0.1, 0.15) is 44.6 Å². The van der Waals surface area contributed by atoms with Crippen LogP contribution in [0.15, 0.2) is 24.3 Å². The lowest BCUT2D eigenvalue weighted by atomic mass is 9.98. The van der Waals surface area contributed by atoms with Crippen LogP contribution in [0.25, 0.3) is 0 Å². The minimum atomic E-state index is 0.598. The normalized spacial score (nSPS) is 17.5. The summed E-state index contributed by atoms with van der Waals surface area (Å²) in [7, 11) is 0. The van der Waals surface area contributed by atoms with E-state index in [-0.39, 0.29) is 0 Å². The standard InChI is InChI=1S/C14H20O/c1-3-11(2)13-6-4-5-7-14(13)15-10-12-8-9-12/h4-7,11-12H,3,8-10H2,1-2H3. The van der Waals surface area contributed by atoms with Crippen LogP contribution in [0, 0.1) is 5.92 Å². The van der Waals surface area contributed by atoms with Crippen molar-refractivity contribution in [3.8, 4) is 5.75 Å². The van der Waals surface area contributed by atoms with E-state index in [0.717, 1.165) is 18.3 Å². The molecule has 0 saturated heterocycles. The Morgan fingerprint density at radius 2 is 2.07 bits per heavy atom. The molecule has 1 unspecified atom stereocenters. The first-order chi connectivity index (χ1) is 7.31. The average Bonchev–Trinajstić information content (AvgIpc) is 3.09. The molecule has 82 valence electrons. The van der Waals surface area contributed by atoms with E-state index in [1.807, 2.05) is 0 Å². The zero-order valence-corrected chi connectivity index (χ0v) is 9.70. The second-order valence-corrected chi connectivity index (χ2v) is 4.60. The highest BCUT2D eigenvalue weighted by Crippen LogP contribution is 2.32. The number of hydrogen-bond donors (Lipinski definition) is 0. The molecule has 0 aromatic heterocycles. The van der Waals surface area contributed by atoms with Crippen LogP contribution >= 0.6 is 0 Å². The summed E-state index contributed by atoms with van der Waals surface area (Å²) in [5, 5.41) is 0. The van der Waals surface area contributed by atoms with Gasteiger partial charge in [-0.05, 0) is 42.7 Å². The summed E-state index contributed by atoms with van der Waals surface area (Å²) in [6, 6.07) is 8.46.